The number of aryl methyl sites for hydroxylation is 2. The summed E-state index contributed by atoms with van der Waals surface area (Å²) in [5.74, 6) is 1.78. The number of hydrogen-bond donors (Lipinski definition) is 1. The van der Waals surface area contributed by atoms with E-state index in [0.717, 1.165) is 79.4 Å². The molecule has 10 heteroatoms. The lowest BCUT2D eigenvalue weighted by Crippen LogP contribution is -2.40. The zero-order valence-corrected chi connectivity index (χ0v) is 23.4. The van der Waals surface area contributed by atoms with Gasteiger partial charge in [0.15, 0.2) is 5.82 Å². The highest BCUT2D eigenvalue weighted by Crippen LogP contribution is 2.29. The van der Waals surface area contributed by atoms with Gasteiger partial charge in [0.05, 0.1) is 31.0 Å². The number of H-pyrrole nitrogens is 1. The maximum atomic E-state index is 13.3. The van der Waals surface area contributed by atoms with Gasteiger partial charge in [0.1, 0.15) is 12.3 Å². The molecule has 39 heavy (non-hydrogen) atoms. The van der Waals surface area contributed by atoms with Crippen molar-refractivity contribution >= 4 is 10.9 Å². The third-order valence-electron chi connectivity index (χ3n) is 7.76. The monoisotopic (exact) mass is 533 g/mol. The minimum Gasteiger partial charge on any atom is -0.467 e. The van der Waals surface area contributed by atoms with Crippen LogP contribution in [0.1, 0.15) is 54.6 Å². The average Bonchev–Trinajstić information content (AvgIpc) is 3.61. The van der Waals surface area contributed by atoms with E-state index in [4.69, 9.17) is 9.15 Å². The summed E-state index contributed by atoms with van der Waals surface area (Å²) < 4.78 is 12.9. The summed E-state index contributed by atoms with van der Waals surface area (Å²) in [5.41, 5.74) is 3.87. The Labute approximate surface area is 228 Å². The molecule has 4 aromatic rings. The molecule has 3 aromatic heterocycles. The number of benzene rings is 1. The van der Waals surface area contributed by atoms with Crippen molar-refractivity contribution in [2.75, 3.05) is 39.4 Å². The summed E-state index contributed by atoms with van der Waals surface area (Å²) in [7, 11) is 0. The van der Waals surface area contributed by atoms with Gasteiger partial charge in [-0.1, -0.05) is 26.0 Å². The second kappa shape index (κ2) is 12.2. The van der Waals surface area contributed by atoms with Crippen molar-refractivity contribution in [1.82, 2.24) is 35.0 Å². The molecule has 0 saturated carbocycles. The number of tetrazole rings is 1. The summed E-state index contributed by atoms with van der Waals surface area (Å²) >= 11 is 0. The van der Waals surface area contributed by atoms with Crippen LogP contribution in [-0.4, -0.2) is 74.4 Å². The Morgan fingerprint density at radius 3 is 2.72 bits per heavy atom. The molecule has 0 spiro atoms. The number of rotatable bonds is 11. The van der Waals surface area contributed by atoms with Crippen molar-refractivity contribution in [2.24, 2.45) is 5.92 Å². The summed E-state index contributed by atoms with van der Waals surface area (Å²) in [6.45, 7) is 14.7. The molecule has 0 bridgehead atoms. The Morgan fingerprint density at radius 2 is 1.97 bits per heavy atom. The van der Waals surface area contributed by atoms with E-state index in [-0.39, 0.29) is 17.5 Å². The van der Waals surface area contributed by atoms with Crippen LogP contribution in [0, 0.1) is 19.8 Å². The van der Waals surface area contributed by atoms with Crippen LogP contribution >= 0.6 is 0 Å². The van der Waals surface area contributed by atoms with E-state index in [1.54, 1.807) is 6.26 Å². The second-order valence-electron chi connectivity index (χ2n) is 10.8. The minimum atomic E-state index is -0.0884. The molecule has 5 rings (SSSR count). The molecule has 1 saturated heterocycles. The summed E-state index contributed by atoms with van der Waals surface area (Å²) in [5, 5.41) is 13.8. The molecule has 0 amide bonds. The van der Waals surface area contributed by atoms with Gasteiger partial charge < -0.3 is 14.1 Å². The lowest BCUT2D eigenvalue weighted by atomic mass is 9.99. The van der Waals surface area contributed by atoms with Crippen LogP contribution in [0.2, 0.25) is 0 Å². The lowest BCUT2D eigenvalue weighted by molar-refractivity contribution is 0.0341. The molecule has 1 aliphatic heterocycles. The highest BCUT2D eigenvalue weighted by Gasteiger charge is 2.30. The first-order chi connectivity index (χ1) is 18.9. The SMILES string of the molecule is Cc1ccc2cc(CN(CCCN3CCOCC3)[C@H](c3nnnn3Cc3ccco3)C(C)C)c(=O)[nH]c2c1C. The molecule has 1 N–H and O–H groups in total. The summed E-state index contributed by atoms with van der Waals surface area (Å²) in [4.78, 5) is 21.3. The highest BCUT2D eigenvalue weighted by atomic mass is 16.5. The Bertz CT molecular complexity index is 1420. The first-order valence-electron chi connectivity index (χ1n) is 13.9. The largest absolute Gasteiger partial charge is 0.467 e. The average molecular weight is 534 g/mol. The molecule has 0 unspecified atom stereocenters. The van der Waals surface area contributed by atoms with Crippen LogP contribution in [0.15, 0.2) is 45.8 Å². The van der Waals surface area contributed by atoms with Gasteiger partial charge in [0.25, 0.3) is 5.56 Å². The van der Waals surface area contributed by atoms with Crippen LogP contribution in [0.4, 0.5) is 0 Å². The standard InChI is InChI=1S/C29H39N7O3/c1-20(2)27(28-31-32-33-36(28)19-25-7-5-14-39-25)35(11-6-10-34-12-15-38-16-13-34)18-24-17-23-9-8-21(3)22(4)26(23)30-29(24)37/h5,7-9,14,17,20,27H,6,10-13,15-16,18-19H2,1-4H3,(H,30,37)/t27-/m0/s1. The van der Waals surface area contributed by atoms with E-state index in [1.165, 1.54) is 5.56 Å². The molecule has 0 radical (unpaired) electrons. The van der Waals surface area contributed by atoms with Crippen LogP contribution in [0.3, 0.4) is 0 Å². The van der Waals surface area contributed by atoms with Crippen molar-refractivity contribution in [3.63, 3.8) is 0 Å². The number of ether oxygens (including phenoxy) is 1. The number of nitrogens with zero attached hydrogens (tertiary/aromatic N) is 6. The molecule has 208 valence electrons. The number of fused-ring (bicyclic) bond motifs is 1. The Morgan fingerprint density at radius 1 is 1.15 bits per heavy atom. The van der Waals surface area contributed by atoms with Crippen LogP contribution in [0.5, 0.6) is 0 Å². The fraction of sp³-hybridized carbons (Fsp3) is 0.517. The Kier molecular flexibility index (Phi) is 8.54. The van der Waals surface area contributed by atoms with Crippen molar-refractivity contribution in [3.8, 4) is 0 Å². The van der Waals surface area contributed by atoms with E-state index >= 15 is 0 Å². The zero-order valence-electron chi connectivity index (χ0n) is 23.4. The van der Waals surface area contributed by atoms with Crippen molar-refractivity contribution in [2.45, 2.75) is 53.2 Å². The van der Waals surface area contributed by atoms with Crippen LogP contribution in [0.25, 0.3) is 10.9 Å². The van der Waals surface area contributed by atoms with Crippen molar-refractivity contribution in [3.05, 3.63) is 75.2 Å². The number of morpholine rings is 1. The van der Waals surface area contributed by atoms with Gasteiger partial charge in [-0.05, 0) is 77.9 Å². The Hall–Kier alpha value is -3.34. The third kappa shape index (κ3) is 6.29. The fourth-order valence-corrected chi connectivity index (χ4v) is 5.51. The highest BCUT2D eigenvalue weighted by molar-refractivity contribution is 5.83. The number of aromatic amines is 1. The van der Waals surface area contributed by atoms with Gasteiger partial charge in [-0.3, -0.25) is 14.6 Å². The number of hydrogen-bond acceptors (Lipinski definition) is 8. The van der Waals surface area contributed by atoms with E-state index in [0.29, 0.717) is 13.1 Å². The number of aromatic nitrogens is 5. The molecular weight excluding hydrogens is 494 g/mol. The van der Waals surface area contributed by atoms with Crippen LogP contribution in [-0.2, 0) is 17.8 Å². The second-order valence-corrected chi connectivity index (χ2v) is 10.8. The number of furan rings is 1. The maximum Gasteiger partial charge on any atom is 0.252 e. The minimum absolute atomic E-state index is 0.0490. The fourth-order valence-electron chi connectivity index (χ4n) is 5.51. The smallest absolute Gasteiger partial charge is 0.252 e. The van der Waals surface area contributed by atoms with Gasteiger partial charge in [-0.15, -0.1) is 5.10 Å². The molecular formula is C29H39N7O3. The van der Waals surface area contributed by atoms with Gasteiger partial charge in [-0.2, -0.15) is 0 Å². The molecule has 10 nitrogen and oxygen atoms in total. The Balaban J connectivity index is 1.46. The van der Waals surface area contributed by atoms with E-state index in [9.17, 15) is 4.79 Å². The van der Waals surface area contributed by atoms with Gasteiger partial charge in [-0.25, -0.2) is 4.68 Å². The van der Waals surface area contributed by atoms with Crippen molar-refractivity contribution in [1.29, 1.82) is 0 Å². The zero-order chi connectivity index (χ0) is 27.4. The first-order valence-corrected chi connectivity index (χ1v) is 13.9. The van der Waals surface area contributed by atoms with Gasteiger partial charge in [0, 0.05) is 31.7 Å². The topological polar surface area (TPSA) is 105 Å². The van der Waals surface area contributed by atoms with Crippen molar-refractivity contribution < 1.29 is 9.15 Å². The lowest BCUT2D eigenvalue weighted by Gasteiger charge is -2.34. The summed E-state index contributed by atoms with van der Waals surface area (Å²) in [6, 6.07) is 9.94. The predicted molar refractivity (Wildman–Crippen MR) is 150 cm³/mol. The van der Waals surface area contributed by atoms with E-state index < -0.39 is 0 Å². The summed E-state index contributed by atoms with van der Waals surface area (Å²) in [6.07, 6.45) is 2.62. The van der Waals surface area contributed by atoms with Crippen LogP contribution < -0.4 is 5.56 Å². The molecule has 0 aliphatic carbocycles. The van der Waals surface area contributed by atoms with E-state index in [1.807, 2.05) is 22.9 Å². The molecule has 1 aromatic carbocycles. The van der Waals surface area contributed by atoms with E-state index in [2.05, 4.69) is 70.1 Å². The number of nitrogens with one attached hydrogen (secondary N) is 1. The molecule has 1 aliphatic rings. The predicted octanol–water partition coefficient (Wildman–Crippen LogP) is 3.69. The quantitative estimate of drug-likeness (QED) is 0.311. The number of pyridine rings is 1. The first kappa shape index (κ1) is 27.2. The third-order valence-corrected chi connectivity index (χ3v) is 7.76. The van der Waals surface area contributed by atoms with Gasteiger partial charge in [0.2, 0.25) is 0 Å². The van der Waals surface area contributed by atoms with Gasteiger partial charge >= 0.3 is 0 Å². The normalized spacial score (nSPS) is 15.5. The molecule has 1 fully saturated rings. The molecule has 4 heterocycles. The molecule has 1 atom stereocenters. The maximum absolute atomic E-state index is 13.3.